The van der Waals surface area contributed by atoms with E-state index >= 15 is 0 Å². The summed E-state index contributed by atoms with van der Waals surface area (Å²) in [6.07, 6.45) is 1.72. The van der Waals surface area contributed by atoms with Gasteiger partial charge in [0, 0.05) is 25.3 Å². The summed E-state index contributed by atoms with van der Waals surface area (Å²) >= 11 is 0. The lowest BCUT2D eigenvalue weighted by Crippen LogP contribution is -2.27. The van der Waals surface area contributed by atoms with Gasteiger partial charge in [-0.15, -0.1) is 0 Å². The zero-order valence-corrected chi connectivity index (χ0v) is 7.86. The van der Waals surface area contributed by atoms with Crippen LogP contribution in [0.25, 0.3) is 11.5 Å². The fourth-order valence-corrected chi connectivity index (χ4v) is 1.97. The summed E-state index contributed by atoms with van der Waals surface area (Å²) in [6.45, 7) is 3.02. The normalized spacial score (nSPS) is 15.4. The highest BCUT2D eigenvalue weighted by Gasteiger charge is 2.14. The van der Waals surface area contributed by atoms with Gasteiger partial charge in [-0.25, -0.2) is 0 Å². The van der Waals surface area contributed by atoms with Gasteiger partial charge in [-0.05, 0) is 24.3 Å². The van der Waals surface area contributed by atoms with Gasteiger partial charge in [-0.1, -0.05) is 0 Å². The largest absolute Gasteiger partial charge is 0.463 e. The van der Waals surface area contributed by atoms with E-state index in [1.807, 2.05) is 12.1 Å². The highest BCUT2D eigenvalue weighted by molar-refractivity contribution is 5.54. The fourth-order valence-electron chi connectivity index (χ4n) is 1.97. The molecule has 2 aromatic rings. The number of nitrogens with zero attached hydrogens (tertiary/aromatic N) is 1. The van der Waals surface area contributed by atoms with Gasteiger partial charge < -0.3 is 14.3 Å². The van der Waals surface area contributed by atoms with Gasteiger partial charge in [0.25, 0.3) is 0 Å². The molecular formula is C11H12N2O. The van der Waals surface area contributed by atoms with E-state index in [2.05, 4.69) is 22.0 Å². The van der Waals surface area contributed by atoms with Crippen molar-refractivity contribution in [3.05, 3.63) is 36.2 Å². The molecule has 0 atom stereocenters. The lowest BCUT2D eigenvalue weighted by Gasteiger charge is -2.18. The molecule has 1 N–H and O–H groups in total. The first-order chi connectivity index (χ1) is 6.95. The number of rotatable bonds is 1. The first-order valence-electron chi connectivity index (χ1n) is 4.88. The van der Waals surface area contributed by atoms with Crippen LogP contribution in [0.5, 0.6) is 0 Å². The van der Waals surface area contributed by atoms with Crippen molar-refractivity contribution in [2.24, 2.45) is 0 Å². The summed E-state index contributed by atoms with van der Waals surface area (Å²) < 4.78 is 7.72. The van der Waals surface area contributed by atoms with Gasteiger partial charge in [0.15, 0.2) is 0 Å². The molecule has 0 aromatic carbocycles. The Balaban J connectivity index is 2.11. The molecule has 72 valence electrons. The molecular weight excluding hydrogens is 176 g/mol. The number of fused-ring (bicyclic) bond motifs is 1. The maximum absolute atomic E-state index is 5.40. The second-order valence-electron chi connectivity index (χ2n) is 3.52. The van der Waals surface area contributed by atoms with E-state index in [-0.39, 0.29) is 0 Å². The third-order valence-corrected chi connectivity index (χ3v) is 2.66. The van der Waals surface area contributed by atoms with E-state index in [9.17, 15) is 0 Å². The third kappa shape index (κ3) is 1.09. The van der Waals surface area contributed by atoms with Crippen LogP contribution in [0.4, 0.5) is 0 Å². The number of hydrogen-bond acceptors (Lipinski definition) is 2. The summed E-state index contributed by atoms with van der Waals surface area (Å²) in [7, 11) is 0. The predicted octanol–water partition coefficient (Wildman–Crippen LogP) is 1.85. The molecule has 0 saturated heterocycles. The van der Waals surface area contributed by atoms with E-state index in [1.54, 1.807) is 6.26 Å². The van der Waals surface area contributed by atoms with Crippen molar-refractivity contribution in [3.8, 4) is 11.5 Å². The Labute approximate surface area is 82.3 Å². The second kappa shape index (κ2) is 3.03. The van der Waals surface area contributed by atoms with Crippen LogP contribution in [0, 0.1) is 0 Å². The predicted molar refractivity (Wildman–Crippen MR) is 53.8 cm³/mol. The molecule has 0 aliphatic carbocycles. The molecule has 2 aromatic heterocycles. The van der Waals surface area contributed by atoms with Crippen molar-refractivity contribution in [1.82, 2.24) is 9.88 Å². The minimum Gasteiger partial charge on any atom is -0.463 e. The van der Waals surface area contributed by atoms with Crippen molar-refractivity contribution in [1.29, 1.82) is 0 Å². The maximum atomic E-state index is 5.40. The quantitative estimate of drug-likeness (QED) is 0.740. The number of furan rings is 1. The second-order valence-corrected chi connectivity index (χ2v) is 3.52. The number of aromatic nitrogens is 1. The van der Waals surface area contributed by atoms with Crippen LogP contribution in [0.2, 0.25) is 0 Å². The van der Waals surface area contributed by atoms with Crippen LogP contribution in [-0.2, 0) is 13.1 Å². The first kappa shape index (κ1) is 7.88. The molecule has 3 rings (SSSR count). The standard InChI is InChI=1S/C11H12N2O/c1-2-11(14-7-1)10-4-3-9-8-12-5-6-13(9)10/h1-4,7,12H,5-6,8H2. The molecule has 0 amide bonds. The molecule has 14 heavy (non-hydrogen) atoms. The van der Waals surface area contributed by atoms with Gasteiger partial charge >= 0.3 is 0 Å². The third-order valence-electron chi connectivity index (χ3n) is 2.66. The Morgan fingerprint density at radius 1 is 1.29 bits per heavy atom. The van der Waals surface area contributed by atoms with Gasteiger partial charge in [0.2, 0.25) is 0 Å². The van der Waals surface area contributed by atoms with Crippen LogP contribution < -0.4 is 5.32 Å². The van der Waals surface area contributed by atoms with Crippen LogP contribution >= 0.6 is 0 Å². The van der Waals surface area contributed by atoms with E-state index < -0.39 is 0 Å². The van der Waals surface area contributed by atoms with Crippen molar-refractivity contribution < 1.29 is 4.42 Å². The lowest BCUT2D eigenvalue weighted by atomic mass is 10.3. The van der Waals surface area contributed by atoms with E-state index in [0.717, 1.165) is 25.4 Å². The molecule has 0 radical (unpaired) electrons. The first-order valence-corrected chi connectivity index (χ1v) is 4.88. The Morgan fingerprint density at radius 3 is 3.14 bits per heavy atom. The number of nitrogens with one attached hydrogen (secondary N) is 1. The average Bonchev–Trinajstić information content (AvgIpc) is 2.85. The zero-order chi connectivity index (χ0) is 9.38. The summed E-state index contributed by atoms with van der Waals surface area (Å²) in [4.78, 5) is 0. The van der Waals surface area contributed by atoms with Gasteiger partial charge in [0.1, 0.15) is 5.76 Å². The van der Waals surface area contributed by atoms with E-state index in [1.165, 1.54) is 11.4 Å². The summed E-state index contributed by atoms with van der Waals surface area (Å²) in [5.41, 5.74) is 2.52. The topological polar surface area (TPSA) is 30.1 Å². The van der Waals surface area contributed by atoms with Crippen LogP contribution in [-0.4, -0.2) is 11.1 Å². The monoisotopic (exact) mass is 188 g/mol. The Hall–Kier alpha value is -1.48. The molecule has 3 nitrogen and oxygen atoms in total. The summed E-state index contributed by atoms with van der Waals surface area (Å²) in [5.74, 6) is 0.957. The van der Waals surface area contributed by atoms with Crippen LogP contribution in [0.3, 0.4) is 0 Å². The van der Waals surface area contributed by atoms with Gasteiger partial charge in [-0.3, -0.25) is 0 Å². The summed E-state index contributed by atoms with van der Waals surface area (Å²) in [6, 6.07) is 8.21. The Kier molecular flexibility index (Phi) is 1.70. The smallest absolute Gasteiger partial charge is 0.150 e. The molecule has 0 unspecified atom stereocenters. The maximum Gasteiger partial charge on any atom is 0.150 e. The van der Waals surface area contributed by atoms with Crippen molar-refractivity contribution >= 4 is 0 Å². The minimum atomic E-state index is 0.957. The molecule has 0 fully saturated rings. The lowest BCUT2D eigenvalue weighted by molar-refractivity contribution is 0.509. The van der Waals surface area contributed by atoms with Gasteiger partial charge in [-0.2, -0.15) is 0 Å². The minimum absolute atomic E-state index is 0.957. The van der Waals surface area contributed by atoms with E-state index in [4.69, 9.17) is 4.42 Å². The van der Waals surface area contributed by atoms with E-state index in [0.29, 0.717) is 0 Å². The molecule has 0 bridgehead atoms. The zero-order valence-electron chi connectivity index (χ0n) is 7.86. The molecule has 3 heterocycles. The van der Waals surface area contributed by atoms with Crippen molar-refractivity contribution in [3.63, 3.8) is 0 Å². The van der Waals surface area contributed by atoms with Crippen LogP contribution in [0.1, 0.15) is 5.69 Å². The van der Waals surface area contributed by atoms with Crippen molar-refractivity contribution in [2.45, 2.75) is 13.1 Å². The van der Waals surface area contributed by atoms with Crippen molar-refractivity contribution in [2.75, 3.05) is 6.54 Å². The SMILES string of the molecule is c1coc(-c2ccc3n2CCNC3)c1. The fraction of sp³-hybridized carbons (Fsp3) is 0.273. The highest BCUT2D eigenvalue weighted by atomic mass is 16.3. The van der Waals surface area contributed by atoms with Gasteiger partial charge in [0.05, 0.1) is 12.0 Å². The molecule has 0 saturated carbocycles. The highest BCUT2D eigenvalue weighted by Crippen LogP contribution is 2.24. The molecule has 1 aliphatic rings. The Bertz CT molecular complexity index is 428. The average molecular weight is 188 g/mol. The molecule has 3 heteroatoms. The summed E-state index contributed by atoms with van der Waals surface area (Å²) in [5, 5.41) is 3.35. The molecule has 0 spiro atoms. The molecule has 1 aliphatic heterocycles. The van der Waals surface area contributed by atoms with Crippen LogP contribution in [0.15, 0.2) is 34.9 Å². The number of hydrogen-bond donors (Lipinski definition) is 1. The Morgan fingerprint density at radius 2 is 2.29 bits per heavy atom.